The molecule has 0 saturated heterocycles. The Morgan fingerprint density at radius 2 is 1.83 bits per heavy atom. The predicted octanol–water partition coefficient (Wildman–Crippen LogP) is 2.46. The zero-order valence-electron chi connectivity index (χ0n) is 12.9. The Balaban J connectivity index is 2.00. The molecule has 0 heterocycles. The molecule has 0 fully saturated rings. The minimum absolute atomic E-state index is 0.307. The summed E-state index contributed by atoms with van der Waals surface area (Å²) in [4.78, 5) is 23.6. The highest BCUT2D eigenvalue weighted by Crippen LogP contribution is 2.17. The highest BCUT2D eigenvalue weighted by Gasteiger charge is 2.16. The summed E-state index contributed by atoms with van der Waals surface area (Å²) < 4.78 is 10.2. The first-order valence-electron chi connectivity index (χ1n) is 7.01. The molecule has 1 atom stereocenters. The second-order valence-corrected chi connectivity index (χ2v) is 4.89. The van der Waals surface area contributed by atoms with Gasteiger partial charge in [0, 0.05) is 11.4 Å². The van der Waals surface area contributed by atoms with Crippen LogP contribution in [0.3, 0.4) is 0 Å². The maximum Gasteiger partial charge on any atom is 0.337 e. The van der Waals surface area contributed by atoms with Gasteiger partial charge in [0.15, 0.2) is 6.10 Å². The summed E-state index contributed by atoms with van der Waals surface area (Å²) in [6.45, 7) is 1.62. The largest absolute Gasteiger partial charge is 0.481 e. The summed E-state index contributed by atoms with van der Waals surface area (Å²) in [5.41, 5.74) is 7.20. The van der Waals surface area contributed by atoms with Gasteiger partial charge in [-0.2, -0.15) is 0 Å². The minimum Gasteiger partial charge on any atom is -0.481 e. The number of anilines is 2. The molecule has 0 unspecified atom stereocenters. The smallest absolute Gasteiger partial charge is 0.337 e. The summed E-state index contributed by atoms with van der Waals surface area (Å²) in [7, 11) is 1.30. The molecule has 0 aliphatic carbocycles. The monoisotopic (exact) mass is 314 g/mol. The molecule has 0 spiro atoms. The number of carbonyl (C=O) groups excluding carboxylic acids is 2. The fourth-order valence-electron chi connectivity index (χ4n) is 1.88. The Hall–Kier alpha value is -3.02. The van der Waals surface area contributed by atoms with E-state index in [0.29, 0.717) is 22.7 Å². The average Bonchev–Trinajstić information content (AvgIpc) is 2.56. The third-order valence-corrected chi connectivity index (χ3v) is 3.12. The van der Waals surface area contributed by atoms with Crippen LogP contribution in [-0.4, -0.2) is 25.1 Å². The first-order chi connectivity index (χ1) is 11.0. The van der Waals surface area contributed by atoms with Gasteiger partial charge in [-0.25, -0.2) is 4.79 Å². The highest BCUT2D eigenvalue weighted by atomic mass is 16.5. The predicted molar refractivity (Wildman–Crippen MR) is 87.4 cm³/mol. The van der Waals surface area contributed by atoms with Gasteiger partial charge in [0.1, 0.15) is 5.75 Å². The molecule has 1 amide bonds. The first-order valence-corrected chi connectivity index (χ1v) is 7.01. The normalized spacial score (nSPS) is 11.4. The van der Waals surface area contributed by atoms with Crippen molar-refractivity contribution >= 4 is 23.3 Å². The quantitative estimate of drug-likeness (QED) is 0.653. The van der Waals surface area contributed by atoms with E-state index in [2.05, 4.69) is 10.1 Å². The summed E-state index contributed by atoms with van der Waals surface area (Å²) in [5.74, 6) is -0.361. The number of ether oxygens (including phenoxy) is 2. The maximum atomic E-state index is 12.1. The van der Waals surface area contributed by atoms with Gasteiger partial charge >= 0.3 is 5.97 Å². The van der Waals surface area contributed by atoms with Crippen molar-refractivity contribution in [2.75, 3.05) is 18.2 Å². The van der Waals surface area contributed by atoms with Crippen molar-refractivity contribution in [2.24, 2.45) is 0 Å². The lowest BCUT2D eigenvalue weighted by Crippen LogP contribution is -2.30. The number of nitrogen functional groups attached to an aromatic ring is 1. The van der Waals surface area contributed by atoms with Crippen molar-refractivity contribution in [1.82, 2.24) is 0 Å². The number of nitrogens with one attached hydrogen (secondary N) is 1. The second-order valence-electron chi connectivity index (χ2n) is 4.89. The average molecular weight is 314 g/mol. The van der Waals surface area contributed by atoms with Gasteiger partial charge in [-0.15, -0.1) is 0 Å². The topological polar surface area (TPSA) is 90.6 Å². The van der Waals surface area contributed by atoms with Gasteiger partial charge in [0.25, 0.3) is 5.91 Å². The molecule has 0 radical (unpaired) electrons. The molecular formula is C17H18N2O4. The first kappa shape index (κ1) is 16.4. The van der Waals surface area contributed by atoms with Crippen LogP contribution in [0, 0.1) is 0 Å². The summed E-state index contributed by atoms with van der Waals surface area (Å²) in [6.07, 6.45) is -0.736. The fourth-order valence-corrected chi connectivity index (χ4v) is 1.88. The second kappa shape index (κ2) is 7.31. The molecule has 23 heavy (non-hydrogen) atoms. The lowest BCUT2D eigenvalue weighted by molar-refractivity contribution is -0.122. The van der Waals surface area contributed by atoms with Crippen LogP contribution in [0.2, 0.25) is 0 Å². The standard InChI is InChI=1S/C17H18N2O4/c1-11(16(20)19-14-8-6-13(18)7-9-14)23-15-5-3-4-12(10-15)17(21)22-2/h3-11H,18H2,1-2H3,(H,19,20)/t11-/m0/s1. The van der Waals surface area contributed by atoms with Crippen LogP contribution < -0.4 is 15.8 Å². The van der Waals surface area contributed by atoms with E-state index in [9.17, 15) is 9.59 Å². The van der Waals surface area contributed by atoms with E-state index in [4.69, 9.17) is 10.5 Å². The van der Waals surface area contributed by atoms with Crippen LogP contribution in [0.1, 0.15) is 17.3 Å². The highest BCUT2D eigenvalue weighted by molar-refractivity contribution is 5.94. The van der Waals surface area contributed by atoms with Gasteiger partial charge in [0.2, 0.25) is 0 Å². The molecule has 0 bridgehead atoms. The van der Waals surface area contributed by atoms with Gasteiger partial charge < -0.3 is 20.5 Å². The minimum atomic E-state index is -0.736. The number of esters is 1. The molecule has 2 aromatic carbocycles. The van der Waals surface area contributed by atoms with Crippen molar-refractivity contribution in [3.63, 3.8) is 0 Å². The van der Waals surface area contributed by atoms with Crippen LogP contribution in [-0.2, 0) is 9.53 Å². The number of rotatable bonds is 5. The van der Waals surface area contributed by atoms with E-state index in [-0.39, 0.29) is 5.91 Å². The number of hydrogen-bond acceptors (Lipinski definition) is 5. The van der Waals surface area contributed by atoms with Crippen molar-refractivity contribution in [3.8, 4) is 5.75 Å². The molecule has 2 aromatic rings. The Bertz CT molecular complexity index is 698. The number of carbonyl (C=O) groups is 2. The molecule has 0 aliphatic rings. The number of amides is 1. The van der Waals surface area contributed by atoms with Gasteiger partial charge in [-0.05, 0) is 49.4 Å². The van der Waals surface area contributed by atoms with Gasteiger partial charge in [-0.3, -0.25) is 4.79 Å². The SMILES string of the molecule is COC(=O)c1cccc(O[C@@H](C)C(=O)Nc2ccc(N)cc2)c1. The molecule has 6 nitrogen and oxygen atoms in total. The Kier molecular flexibility index (Phi) is 5.19. The molecule has 0 aromatic heterocycles. The van der Waals surface area contributed by atoms with E-state index in [1.54, 1.807) is 49.4 Å². The molecule has 2 rings (SSSR count). The summed E-state index contributed by atoms with van der Waals surface area (Å²) >= 11 is 0. The van der Waals surface area contributed by atoms with Crippen molar-refractivity contribution < 1.29 is 19.1 Å². The molecular weight excluding hydrogens is 296 g/mol. The lowest BCUT2D eigenvalue weighted by Gasteiger charge is -2.15. The summed E-state index contributed by atoms with van der Waals surface area (Å²) in [5, 5.41) is 2.73. The van der Waals surface area contributed by atoms with E-state index < -0.39 is 12.1 Å². The lowest BCUT2D eigenvalue weighted by atomic mass is 10.2. The molecule has 6 heteroatoms. The summed E-state index contributed by atoms with van der Waals surface area (Å²) in [6, 6.07) is 13.3. The molecule has 0 aliphatic heterocycles. The maximum absolute atomic E-state index is 12.1. The van der Waals surface area contributed by atoms with Crippen LogP contribution in [0.4, 0.5) is 11.4 Å². The molecule has 0 saturated carbocycles. The van der Waals surface area contributed by atoms with Crippen LogP contribution >= 0.6 is 0 Å². The van der Waals surface area contributed by atoms with Crippen molar-refractivity contribution in [2.45, 2.75) is 13.0 Å². The molecule has 120 valence electrons. The van der Waals surface area contributed by atoms with Crippen molar-refractivity contribution in [1.29, 1.82) is 0 Å². The number of hydrogen-bond donors (Lipinski definition) is 2. The third-order valence-electron chi connectivity index (χ3n) is 3.12. The van der Waals surface area contributed by atoms with Crippen molar-refractivity contribution in [3.05, 3.63) is 54.1 Å². The number of benzene rings is 2. The number of methoxy groups -OCH3 is 1. The van der Waals surface area contributed by atoms with E-state index in [1.807, 2.05) is 0 Å². The zero-order chi connectivity index (χ0) is 16.8. The van der Waals surface area contributed by atoms with E-state index >= 15 is 0 Å². The van der Waals surface area contributed by atoms with Crippen LogP contribution in [0.15, 0.2) is 48.5 Å². The Morgan fingerprint density at radius 1 is 1.13 bits per heavy atom. The fraction of sp³-hybridized carbons (Fsp3) is 0.176. The van der Waals surface area contributed by atoms with E-state index in [1.165, 1.54) is 13.2 Å². The van der Waals surface area contributed by atoms with Crippen LogP contribution in [0.25, 0.3) is 0 Å². The Labute approximate surface area is 134 Å². The van der Waals surface area contributed by atoms with Crippen LogP contribution in [0.5, 0.6) is 5.75 Å². The van der Waals surface area contributed by atoms with Gasteiger partial charge in [-0.1, -0.05) is 6.07 Å². The third kappa shape index (κ3) is 4.47. The van der Waals surface area contributed by atoms with Gasteiger partial charge in [0.05, 0.1) is 12.7 Å². The molecule has 3 N–H and O–H groups in total. The zero-order valence-corrected chi connectivity index (χ0v) is 12.9. The number of nitrogens with two attached hydrogens (primary N) is 1. The van der Waals surface area contributed by atoms with E-state index in [0.717, 1.165) is 0 Å². The Morgan fingerprint density at radius 3 is 2.48 bits per heavy atom.